The second-order valence-electron chi connectivity index (χ2n) is 4.06. The first-order valence-electron chi connectivity index (χ1n) is 5.68. The highest BCUT2D eigenvalue weighted by atomic mass is 32.2. The average Bonchev–Trinajstić information content (AvgIpc) is 2.38. The number of rotatable bonds is 6. The number of aliphatic carboxylic acids is 1. The molecule has 1 atom stereocenters. The first-order valence-corrected chi connectivity index (χ1v) is 8.81. The van der Waals surface area contributed by atoms with Gasteiger partial charge < -0.3 is 5.11 Å². The fourth-order valence-corrected chi connectivity index (χ4v) is 3.60. The van der Waals surface area contributed by atoms with Gasteiger partial charge in [0.15, 0.2) is 9.84 Å². The normalized spacial score (nSPS) is 13.9. The molecule has 0 fully saturated rings. The Morgan fingerprint density at radius 2 is 1.80 bits per heavy atom. The molecule has 2 N–H and O–H groups in total. The molecule has 112 valence electrons. The van der Waals surface area contributed by atoms with E-state index in [1.807, 2.05) is 4.72 Å². The number of hydrogen-bond acceptors (Lipinski definition) is 5. The molecule has 0 aromatic heterocycles. The largest absolute Gasteiger partial charge is 0.480 e. The molecule has 0 heterocycles. The van der Waals surface area contributed by atoms with Gasteiger partial charge in [-0.25, -0.2) is 16.8 Å². The zero-order chi connectivity index (χ0) is 15.6. The van der Waals surface area contributed by atoms with Crippen LogP contribution >= 0.6 is 0 Å². The smallest absolute Gasteiger partial charge is 0.321 e. The Kier molecular flexibility index (Phi) is 4.90. The summed E-state index contributed by atoms with van der Waals surface area (Å²) in [5.41, 5.74) is 0. The van der Waals surface area contributed by atoms with E-state index in [-0.39, 0.29) is 15.5 Å². The number of sulfonamides is 1. The molecule has 1 aromatic carbocycles. The minimum absolute atomic E-state index is 0.120. The monoisotopic (exact) mass is 321 g/mol. The van der Waals surface area contributed by atoms with Crippen molar-refractivity contribution in [3.05, 3.63) is 24.3 Å². The van der Waals surface area contributed by atoms with Gasteiger partial charge in [0.05, 0.1) is 15.5 Å². The molecule has 0 aliphatic rings. The van der Waals surface area contributed by atoms with Gasteiger partial charge in [-0.1, -0.05) is 13.0 Å². The lowest BCUT2D eigenvalue weighted by molar-refractivity contribution is -0.138. The summed E-state index contributed by atoms with van der Waals surface area (Å²) >= 11 is 0. The summed E-state index contributed by atoms with van der Waals surface area (Å²) in [7, 11) is -7.63. The third-order valence-electron chi connectivity index (χ3n) is 2.56. The van der Waals surface area contributed by atoms with Crippen molar-refractivity contribution in [2.24, 2.45) is 0 Å². The second-order valence-corrected chi connectivity index (χ2v) is 8.05. The molecule has 20 heavy (non-hydrogen) atoms. The number of carbonyl (C=O) groups is 1. The zero-order valence-electron chi connectivity index (χ0n) is 10.9. The van der Waals surface area contributed by atoms with E-state index in [9.17, 15) is 21.6 Å². The average molecular weight is 321 g/mol. The number of carboxylic acids is 1. The summed E-state index contributed by atoms with van der Waals surface area (Å²) in [6.07, 6.45) is 0. The SMILES string of the molecule is CCS(=O)(=O)c1cccc(S(=O)(=O)NC(C)C(=O)O)c1. The molecule has 9 heteroatoms. The minimum Gasteiger partial charge on any atom is -0.480 e. The number of sulfone groups is 1. The topological polar surface area (TPSA) is 118 Å². The first-order chi connectivity index (χ1) is 9.10. The van der Waals surface area contributed by atoms with Gasteiger partial charge in [0, 0.05) is 0 Å². The number of carboxylic acid groups (broad SMARTS) is 1. The standard InChI is InChI=1S/C11H15NO6S2/c1-3-19(15,16)9-5-4-6-10(7-9)20(17,18)12-8(2)11(13)14/h4-8,12H,3H2,1-2H3,(H,13,14). The summed E-state index contributed by atoms with van der Waals surface area (Å²) in [5, 5.41) is 8.69. The van der Waals surface area contributed by atoms with Crippen molar-refractivity contribution in [1.29, 1.82) is 0 Å². The molecule has 0 saturated heterocycles. The van der Waals surface area contributed by atoms with Gasteiger partial charge in [0.25, 0.3) is 0 Å². The Bertz CT molecular complexity index is 708. The summed E-state index contributed by atoms with van der Waals surface area (Å²) < 4.78 is 49.2. The molecule has 0 bridgehead atoms. The van der Waals surface area contributed by atoms with Crippen LogP contribution in [0.25, 0.3) is 0 Å². The van der Waals surface area contributed by atoms with Gasteiger partial charge in [-0.15, -0.1) is 0 Å². The Balaban J connectivity index is 3.21. The van der Waals surface area contributed by atoms with Crippen LogP contribution < -0.4 is 4.72 Å². The maximum atomic E-state index is 11.9. The minimum atomic E-state index is -4.09. The fraction of sp³-hybridized carbons (Fsp3) is 0.364. The van der Waals surface area contributed by atoms with E-state index in [1.165, 1.54) is 32.0 Å². The van der Waals surface area contributed by atoms with Gasteiger partial charge in [-0.2, -0.15) is 4.72 Å². The van der Waals surface area contributed by atoms with E-state index >= 15 is 0 Å². The first kappa shape index (κ1) is 16.6. The van der Waals surface area contributed by atoms with Crippen molar-refractivity contribution in [2.45, 2.75) is 29.7 Å². The molecule has 1 aromatic rings. The summed E-state index contributed by atoms with van der Waals surface area (Å²) in [4.78, 5) is 10.2. The number of benzene rings is 1. The molecular formula is C11H15NO6S2. The van der Waals surface area contributed by atoms with Crippen LogP contribution in [0.1, 0.15) is 13.8 Å². The van der Waals surface area contributed by atoms with Crippen LogP contribution in [0.3, 0.4) is 0 Å². The van der Waals surface area contributed by atoms with Crippen LogP contribution in [0.15, 0.2) is 34.1 Å². The predicted octanol–water partition coefficient (Wildman–Crippen LogP) is 0.232. The third-order valence-corrected chi connectivity index (χ3v) is 5.83. The molecule has 0 aliphatic heterocycles. The number of hydrogen-bond donors (Lipinski definition) is 2. The van der Waals surface area contributed by atoms with Crippen LogP contribution in [-0.4, -0.2) is 39.7 Å². The molecule has 0 amide bonds. The zero-order valence-corrected chi connectivity index (χ0v) is 12.5. The van der Waals surface area contributed by atoms with E-state index in [0.717, 1.165) is 6.07 Å². The van der Waals surface area contributed by atoms with E-state index < -0.39 is 31.9 Å². The maximum absolute atomic E-state index is 11.9. The summed E-state index contributed by atoms with van der Waals surface area (Å²) in [6.45, 7) is 2.62. The molecule has 0 spiro atoms. The van der Waals surface area contributed by atoms with Crippen LogP contribution in [0.4, 0.5) is 0 Å². The lowest BCUT2D eigenvalue weighted by Crippen LogP contribution is -2.38. The van der Waals surface area contributed by atoms with Gasteiger partial charge in [0.2, 0.25) is 10.0 Å². The Morgan fingerprint density at radius 1 is 1.25 bits per heavy atom. The van der Waals surface area contributed by atoms with E-state index in [0.29, 0.717) is 0 Å². The second kappa shape index (κ2) is 5.90. The van der Waals surface area contributed by atoms with Crippen LogP contribution in [-0.2, 0) is 24.7 Å². The molecule has 1 unspecified atom stereocenters. The molecular weight excluding hydrogens is 306 g/mol. The Hall–Kier alpha value is -1.45. The van der Waals surface area contributed by atoms with E-state index in [2.05, 4.69) is 0 Å². The van der Waals surface area contributed by atoms with Gasteiger partial charge in [-0.05, 0) is 25.1 Å². The Morgan fingerprint density at radius 3 is 2.30 bits per heavy atom. The fourth-order valence-electron chi connectivity index (χ4n) is 1.35. The summed E-state index contributed by atoms with van der Waals surface area (Å²) in [5.74, 6) is -1.49. The number of nitrogens with one attached hydrogen (secondary N) is 1. The van der Waals surface area contributed by atoms with E-state index in [1.54, 1.807) is 0 Å². The highest BCUT2D eigenvalue weighted by Gasteiger charge is 2.23. The highest BCUT2D eigenvalue weighted by Crippen LogP contribution is 2.17. The van der Waals surface area contributed by atoms with Crippen molar-refractivity contribution in [3.63, 3.8) is 0 Å². The van der Waals surface area contributed by atoms with Crippen molar-refractivity contribution in [2.75, 3.05) is 5.75 Å². The molecule has 0 aliphatic carbocycles. The van der Waals surface area contributed by atoms with Crippen LogP contribution in [0, 0.1) is 0 Å². The molecule has 1 rings (SSSR count). The van der Waals surface area contributed by atoms with Gasteiger partial charge in [0.1, 0.15) is 6.04 Å². The van der Waals surface area contributed by atoms with Crippen molar-refractivity contribution in [3.8, 4) is 0 Å². The third kappa shape index (κ3) is 3.78. The van der Waals surface area contributed by atoms with Crippen molar-refractivity contribution in [1.82, 2.24) is 4.72 Å². The molecule has 0 saturated carbocycles. The van der Waals surface area contributed by atoms with Crippen molar-refractivity contribution < 1.29 is 26.7 Å². The summed E-state index contributed by atoms with van der Waals surface area (Å²) in [6, 6.07) is 3.48. The maximum Gasteiger partial charge on any atom is 0.321 e. The molecule has 0 radical (unpaired) electrons. The van der Waals surface area contributed by atoms with E-state index in [4.69, 9.17) is 5.11 Å². The highest BCUT2D eigenvalue weighted by molar-refractivity contribution is 7.91. The van der Waals surface area contributed by atoms with Crippen LogP contribution in [0.5, 0.6) is 0 Å². The molecule has 7 nitrogen and oxygen atoms in total. The Labute approximate surface area is 117 Å². The lowest BCUT2D eigenvalue weighted by Gasteiger charge is -2.11. The van der Waals surface area contributed by atoms with Gasteiger partial charge in [-0.3, -0.25) is 4.79 Å². The van der Waals surface area contributed by atoms with Gasteiger partial charge >= 0.3 is 5.97 Å². The predicted molar refractivity (Wildman–Crippen MR) is 71.6 cm³/mol. The quantitative estimate of drug-likeness (QED) is 0.774. The lowest BCUT2D eigenvalue weighted by atomic mass is 10.4. The van der Waals surface area contributed by atoms with Crippen LogP contribution in [0.2, 0.25) is 0 Å². The van der Waals surface area contributed by atoms with Crippen molar-refractivity contribution >= 4 is 25.8 Å².